The zero-order valence-electron chi connectivity index (χ0n) is 21.5. The predicted octanol–water partition coefficient (Wildman–Crippen LogP) is 2.99. The Hall–Kier alpha value is -2.89. The SMILES string of the molecule is Cc1cc(Cl)cc(-c2ncnc3cc(Cn4c(=O)ccn(CCO)c4=O)sc23)c1CC1CNCC(C)(C)O1. The van der Waals surface area contributed by atoms with E-state index in [1.165, 1.54) is 34.5 Å². The summed E-state index contributed by atoms with van der Waals surface area (Å²) in [5, 5.41) is 13.3. The van der Waals surface area contributed by atoms with Crippen LogP contribution in [0.3, 0.4) is 0 Å². The van der Waals surface area contributed by atoms with Crippen molar-refractivity contribution in [3.05, 3.63) is 78.7 Å². The molecule has 1 atom stereocenters. The van der Waals surface area contributed by atoms with Crippen LogP contribution in [0.25, 0.3) is 21.5 Å². The molecule has 11 heteroatoms. The Morgan fingerprint density at radius 2 is 2.08 bits per heavy atom. The highest BCUT2D eigenvalue weighted by Crippen LogP contribution is 2.37. The molecular formula is C27H30ClN5O4S. The maximum Gasteiger partial charge on any atom is 0.331 e. The fourth-order valence-corrected chi connectivity index (χ4v) is 6.35. The molecule has 1 aromatic carbocycles. The second kappa shape index (κ2) is 10.7. The average Bonchev–Trinajstić information content (AvgIpc) is 3.27. The Morgan fingerprint density at radius 1 is 1.26 bits per heavy atom. The Bertz CT molecular complexity index is 1610. The van der Waals surface area contributed by atoms with Gasteiger partial charge < -0.3 is 15.2 Å². The summed E-state index contributed by atoms with van der Waals surface area (Å²) in [5.74, 6) is 0. The van der Waals surface area contributed by atoms with Crippen LogP contribution in [0.5, 0.6) is 0 Å². The molecule has 1 aliphatic heterocycles. The molecule has 4 aromatic rings. The summed E-state index contributed by atoms with van der Waals surface area (Å²) >= 11 is 7.97. The van der Waals surface area contributed by atoms with E-state index < -0.39 is 11.2 Å². The smallest absolute Gasteiger partial charge is 0.331 e. The highest BCUT2D eigenvalue weighted by atomic mass is 35.5. The summed E-state index contributed by atoms with van der Waals surface area (Å²) in [6.45, 7) is 7.80. The Balaban J connectivity index is 1.56. The summed E-state index contributed by atoms with van der Waals surface area (Å²) in [6.07, 6.45) is 3.63. The molecular weight excluding hydrogens is 526 g/mol. The normalized spacial score (nSPS) is 17.2. The van der Waals surface area contributed by atoms with E-state index >= 15 is 0 Å². The fraction of sp³-hybridized carbons (Fsp3) is 0.407. The Labute approximate surface area is 228 Å². The third-order valence-corrected chi connectivity index (χ3v) is 8.02. The molecule has 5 rings (SSSR count). The van der Waals surface area contributed by atoms with Crippen LogP contribution in [0.15, 0.2) is 46.4 Å². The molecule has 2 N–H and O–H groups in total. The van der Waals surface area contributed by atoms with Gasteiger partial charge in [-0.25, -0.2) is 14.8 Å². The number of hydrogen-bond donors (Lipinski definition) is 2. The van der Waals surface area contributed by atoms with Crippen molar-refractivity contribution in [1.82, 2.24) is 24.4 Å². The summed E-state index contributed by atoms with van der Waals surface area (Å²) in [4.78, 5) is 35.2. The van der Waals surface area contributed by atoms with Crippen molar-refractivity contribution in [2.45, 2.75) is 52.0 Å². The van der Waals surface area contributed by atoms with Crippen LogP contribution in [0.4, 0.5) is 0 Å². The van der Waals surface area contributed by atoms with Crippen molar-refractivity contribution >= 4 is 33.2 Å². The lowest BCUT2D eigenvalue weighted by atomic mass is 9.93. The van der Waals surface area contributed by atoms with Crippen LogP contribution in [0, 0.1) is 6.92 Å². The number of halogens is 1. The molecule has 0 spiro atoms. The van der Waals surface area contributed by atoms with Gasteiger partial charge in [-0.3, -0.25) is 13.9 Å². The first-order valence-electron chi connectivity index (χ1n) is 12.5. The minimum atomic E-state index is -0.466. The van der Waals surface area contributed by atoms with Crippen LogP contribution in [0.2, 0.25) is 5.02 Å². The number of ether oxygens (including phenoxy) is 1. The minimum Gasteiger partial charge on any atom is -0.395 e. The number of rotatable bonds is 7. The van der Waals surface area contributed by atoms with Gasteiger partial charge in [-0.2, -0.15) is 0 Å². The molecule has 0 radical (unpaired) electrons. The van der Waals surface area contributed by atoms with Crippen LogP contribution in [-0.2, 0) is 24.2 Å². The molecule has 0 amide bonds. The van der Waals surface area contributed by atoms with Gasteiger partial charge in [0.15, 0.2) is 0 Å². The molecule has 1 aliphatic rings. The molecule has 1 unspecified atom stereocenters. The molecule has 38 heavy (non-hydrogen) atoms. The van der Waals surface area contributed by atoms with Crippen molar-refractivity contribution in [3.63, 3.8) is 0 Å². The highest BCUT2D eigenvalue weighted by molar-refractivity contribution is 7.19. The first-order valence-corrected chi connectivity index (χ1v) is 13.7. The zero-order valence-corrected chi connectivity index (χ0v) is 23.1. The topological polar surface area (TPSA) is 111 Å². The molecule has 1 fully saturated rings. The lowest BCUT2D eigenvalue weighted by Crippen LogP contribution is -2.51. The van der Waals surface area contributed by atoms with E-state index in [-0.39, 0.29) is 31.4 Å². The maximum atomic E-state index is 12.8. The maximum absolute atomic E-state index is 12.8. The molecule has 200 valence electrons. The number of thiophene rings is 1. The molecule has 1 saturated heterocycles. The van der Waals surface area contributed by atoms with Gasteiger partial charge in [0.1, 0.15) is 6.33 Å². The molecule has 0 aliphatic carbocycles. The van der Waals surface area contributed by atoms with E-state index in [0.717, 1.165) is 55.1 Å². The number of nitrogens with one attached hydrogen (secondary N) is 1. The quantitative estimate of drug-likeness (QED) is 0.360. The Morgan fingerprint density at radius 3 is 2.84 bits per heavy atom. The number of morpholine rings is 1. The van der Waals surface area contributed by atoms with Gasteiger partial charge in [0.25, 0.3) is 5.56 Å². The average molecular weight is 556 g/mol. The van der Waals surface area contributed by atoms with Crippen LogP contribution >= 0.6 is 22.9 Å². The lowest BCUT2D eigenvalue weighted by Gasteiger charge is -2.37. The number of nitrogens with zero attached hydrogens (tertiary/aromatic N) is 4. The van der Waals surface area contributed by atoms with E-state index in [4.69, 9.17) is 16.3 Å². The monoisotopic (exact) mass is 555 g/mol. The van der Waals surface area contributed by atoms with Gasteiger partial charge in [-0.05, 0) is 50.1 Å². The van der Waals surface area contributed by atoms with Crippen molar-refractivity contribution < 1.29 is 9.84 Å². The largest absolute Gasteiger partial charge is 0.395 e. The number of aliphatic hydroxyl groups excluding tert-OH is 1. The van der Waals surface area contributed by atoms with Crippen molar-refractivity contribution in [2.75, 3.05) is 19.7 Å². The molecule has 0 saturated carbocycles. The van der Waals surface area contributed by atoms with Gasteiger partial charge in [0, 0.05) is 47.2 Å². The van der Waals surface area contributed by atoms with Gasteiger partial charge in [0.05, 0.1) is 47.3 Å². The van der Waals surface area contributed by atoms with Crippen LogP contribution < -0.4 is 16.6 Å². The number of hydrogen-bond acceptors (Lipinski definition) is 8. The first kappa shape index (κ1) is 26.7. The molecule has 4 heterocycles. The first-order chi connectivity index (χ1) is 18.1. The minimum absolute atomic E-state index is 0.000326. The standard InChI is InChI=1S/C27H30ClN5O4S/c1-16-8-17(28)9-21(20(16)10-18-12-29-14-27(2,3)37-18)24-25-22(30-15-31-24)11-19(38-25)13-33-23(35)4-5-32(6-7-34)26(33)36/h4-5,8-9,11,15,18,29,34H,6-7,10,12-14H2,1-3H3. The molecule has 9 nitrogen and oxygen atoms in total. The van der Waals surface area contributed by atoms with E-state index in [9.17, 15) is 14.7 Å². The second-order valence-electron chi connectivity index (χ2n) is 10.2. The number of benzene rings is 1. The summed E-state index contributed by atoms with van der Waals surface area (Å²) in [6, 6.07) is 7.11. The van der Waals surface area contributed by atoms with Crippen molar-refractivity contribution in [1.29, 1.82) is 0 Å². The van der Waals surface area contributed by atoms with E-state index in [1.54, 1.807) is 0 Å². The number of fused-ring (bicyclic) bond motifs is 1. The lowest BCUT2D eigenvalue weighted by molar-refractivity contribution is -0.0928. The third-order valence-electron chi connectivity index (χ3n) is 6.69. The third kappa shape index (κ3) is 5.45. The van der Waals surface area contributed by atoms with Gasteiger partial charge >= 0.3 is 5.69 Å². The van der Waals surface area contributed by atoms with Crippen molar-refractivity contribution in [2.24, 2.45) is 0 Å². The number of aliphatic hydroxyl groups is 1. The van der Waals surface area contributed by atoms with E-state index in [1.807, 2.05) is 25.1 Å². The number of aryl methyl sites for hydroxylation is 1. The summed E-state index contributed by atoms with van der Waals surface area (Å²) < 4.78 is 9.70. The van der Waals surface area contributed by atoms with Gasteiger partial charge in [-0.15, -0.1) is 11.3 Å². The summed E-state index contributed by atoms with van der Waals surface area (Å²) in [5.41, 5.74) is 3.47. The zero-order chi connectivity index (χ0) is 27.0. The van der Waals surface area contributed by atoms with Gasteiger partial charge in [0.2, 0.25) is 0 Å². The summed E-state index contributed by atoms with van der Waals surface area (Å²) in [7, 11) is 0. The van der Waals surface area contributed by atoms with Crippen molar-refractivity contribution in [3.8, 4) is 11.3 Å². The Kier molecular flexibility index (Phi) is 7.52. The molecule has 0 bridgehead atoms. The second-order valence-corrected chi connectivity index (χ2v) is 11.7. The molecule has 3 aromatic heterocycles. The van der Waals surface area contributed by atoms with E-state index in [0.29, 0.717) is 11.4 Å². The van der Waals surface area contributed by atoms with Crippen LogP contribution in [0.1, 0.15) is 29.9 Å². The highest BCUT2D eigenvalue weighted by Gasteiger charge is 2.29. The van der Waals surface area contributed by atoms with E-state index in [2.05, 4.69) is 29.1 Å². The predicted molar refractivity (Wildman–Crippen MR) is 149 cm³/mol. The fourth-order valence-electron chi connectivity index (χ4n) is 4.98. The van der Waals surface area contributed by atoms with Crippen LogP contribution in [-0.4, -0.2) is 55.6 Å². The van der Waals surface area contributed by atoms with Gasteiger partial charge in [-0.1, -0.05) is 11.6 Å². The number of aromatic nitrogens is 4.